The van der Waals surface area contributed by atoms with Crippen molar-refractivity contribution in [3.05, 3.63) is 53.2 Å². The number of halogens is 3. The van der Waals surface area contributed by atoms with Crippen LogP contribution in [0.25, 0.3) is 0 Å². The Morgan fingerprint density at radius 1 is 1.41 bits per heavy atom. The van der Waals surface area contributed by atoms with Crippen molar-refractivity contribution in [2.75, 3.05) is 0 Å². The lowest BCUT2D eigenvalue weighted by atomic mass is 10.1. The average molecular weight is 444 g/mol. The summed E-state index contributed by atoms with van der Waals surface area (Å²) in [5.74, 6) is 0. The summed E-state index contributed by atoms with van der Waals surface area (Å²) in [5.41, 5.74) is 0.857. The van der Waals surface area contributed by atoms with Crippen molar-refractivity contribution in [3.8, 4) is 0 Å². The third-order valence-electron chi connectivity index (χ3n) is 2.40. The molecule has 0 saturated carbocycles. The summed E-state index contributed by atoms with van der Waals surface area (Å²) in [6.45, 7) is 0. The second-order valence-electron chi connectivity index (χ2n) is 3.59. The monoisotopic (exact) mass is 442 g/mol. The Morgan fingerprint density at radius 2 is 2.18 bits per heavy atom. The van der Waals surface area contributed by atoms with E-state index in [2.05, 4.69) is 38.5 Å². The summed E-state index contributed by atoms with van der Waals surface area (Å²) in [5, 5.41) is 12.9. The smallest absolute Gasteiger partial charge is 0.0839 e. The van der Waals surface area contributed by atoms with Gasteiger partial charge in [0.2, 0.25) is 0 Å². The molecule has 1 unspecified atom stereocenters. The third kappa shape index (κ3) is 3.44. The summed E-state index contributed by atoms with van der Waals surface area (Å²) >= 11 is 13.3. The Morgan fingerprint density at radius 3 is 2.76 bits per heavy atom. The molecular formula is C12H9BrClIOS. The van der Waals surface area contributed by atoms with Crippen LogP contribution in [0.2, 0.25) is 5.02 Å². The second-order valence-corrected chi connectivity index (χ2v) is 7.01. The van der Waals surface area contributed by atoms with Crippen LogP contribution in [0, 0.1) is 3.57 Å². The zero-order valence-electron chi connectivity index (χ0n) is 8.66. The van der Waals surface area contributed by atoms with Gasteiger partial charge in [-0.1, -0.05) is 17.7 Å². The Hall–Kier alpha value is 0.380. The van der Waals surface area contributed by atoms with Crippen LogP contribution >= 0.6 is 61.5 Å². The number of aliphatic hydroxyl groups is 1. The maximum absolute atomic E-state index is 10.2. The highest BCUT2D eigenvalue weighted by atomic mass is 127. The molecule has 5 heteroatoms. The molecule has 0 aliphatic carbocycles. The SMILES string of the molecule is OC(Cc1sccc1Br)c1ccc(I)c(Cl)c1. The molecule has 1 heterocycles. The fourth-order valence-electron chi connectivity index (χ4n) is 1.48. The summed E-state index contributed by atoms with van der Waals surface area (Å²) in [6, 6.07) is 7.66. The Labute approximate surface area is 131 Å². The van der Waals surface area contributed by atoms with E-state index in [0.717, 1.165) is 18.5 Å². The van der Waals surface area contributed by atoms with E-state index in [1.165, 1.54) is 0 Å². The van der Waals surface area contributed by atoms with Gasteiger partial charge in [-0.15, -0.1) is 11.3 Å². The quantitative estimate of drug-likeness (QED) is 0.659. The van der Waals surface area contributed by atoms with E-state index in [4.69, 9.17) is 11.6 Å². The average Bonchev–Trinajstić information content (AvgIpc) is 2.68. The van der Waals surface area contributed by atoms with Crippen molar-refractivity contribution < 1.29 is 5.11 Å². The molecule has 1 aromatic carbocycles. The Kier molecular flexibility index (Phi) is 4.88. The molecule has 0 spiro atoms. The first-order valence-electron chi connectivity index (χ1n) is 4.93. The molecule has 17 heavy (non-hydrogen) atoms. The number of aliphatic hydroxyl groups excluding tert-OH is 1. The largest absolute Gasteiger partial charge is 0.388 e. The number of rotatable bonds is 3. The van der Waals surface area contributed by atoms with Crippen LogP contribution in [0.5, 0.6) is 0 Å². The predicted octanol–water partition coefficient (Wildman–Crippen LogP) is 5.04. The van der Waals surface area contributed by atoms with E-state index in [9.17, 15) is 5.11 Å². The molecule has 1 nitrogen and oxygen atoms in total. The van der Waals surface area contributed by atoms with Crippen LogP contribution in [0.1, 0.15) is 16.5 Å². The lowest BCUT2D eigenvalue weighted by Crippen LogP contribution is -2.01. The van der Waals surface area contributed by atoms with Crippen molar-refractivity contribution in [3.63, 3.8) is 0 Å². The molecule has 0 radical (unpaired) electrons. The minimum absolute atomic E-state index is 0.514. The van der Waals surface area contributed by atoms with Gasteiger partial charge in [0.15, 0.2) is 0 Å². The number of thiophene rings is 1. The lowest BCUT2D eigenvalue weighted by molar-refractivity contribution is 0.179. The van der Waals surface area contributed by atoms with Gasteiger partial charge in [0.05, 0.1) is 11.1 Å². The zero-order chi connectivity index (χ0) is 12.4. The first kappa shape index (κ1) is 13.8. The minimum Gasteiger partial charge on any atom is -0.388 e. The molecule has 0 aliphatic rings. The Bertz CT molecular complexity index is 529. The number of hydrogen-bond donors (Lipinski definition) is 1. The molecule has 0 bridgehead atoms. The molecular weight excluding hydrogens is 434 g/mol. The van der Waals surface area contributed by atoms with Crippen LogP contribution < -0.4 is 0 Å². The van der Waals surface area contributed by atoms with E-state index in [-0.39, 0.29) is 0 Å². The van der Waals surface area contributed by atoms with Crippen molar-refractivity contribution >= 4 is 61.5 Å². The molecule has 2 rings (SSSR count). The molecule has 0 aliphatic heterocycles. The van der Waals surface area contributed by atoms with E-state index in [1.807, 2.05) is 29.6 Å². The van der Waals surface area contributed by atoms with Crippen LogP contribution in [-0.2, 0) is 6.42 Å². The van der Waals surface area contributed by atoms with Gasteiger partial charge in [-0.25, -0.2) is 0 Å². The lowest BCUT2D eigenvalue weighted by Gasteiger charge is -2.11. The summed E-state index contributed by atoms with van der Waals surface area (Å²) in [4.78, 5) is 1.15. The molecule has 0 amide bonds. The summed E-state index contributed by atoms with van der Waals surface area (Å²) in [6.07, 6.45) is 0.0919. The number of hydrogen-bond acceptors (Lipinski definition) is 2. The molecule has 0 fully saturated rings. The Balaban J connectivity index is 2.17. The molecule has 1 atom stereocenters. The van der Waals surface area contributed by atoms with Gasteiger partial charge in [0, 0.05) is 19.3 Å². The van der Waals surface area contributed by atoms with Gasteiger partial charge in [-0.2, -0.15) is 0 Å². The fourth-order valence-corrected chi connectivity index (χ4v) is 3.56. The van der Waals surface area contributed by atoms with Gasteiger partial charge in [0.25, 0.3) is 0 Å². The minimum atomic E-state index is -0.514. The maximum atomic E-state index is 10.2. The molecule has 1 N–H and O–H groups in total. The highest BCUT2D eigenvalue weighted by Gasteiger charge is 2.12. The van der Waals surface area contributed by atoms with Crippen LogP contribution in [0.15, 0.2) is 34.1 Å². The molecule has 0 saturated heterocycles. The van der Waals surface area contributed by atoms with Crippen molar-refractivity contribution in [1.29, 1.82) is 0 Å². The summed E-state index contributed by atoms with van der Waals surface area (Å²) in [7, 11) is 0. The zero-order valence-corrected chi connectivity index (χ0v) is 14.0. The first-order chi connectivity index (χ1) is 8.08. The van der Waals surface area contributed by atoms with Crippen LogP contribution in [-0.4, -0.2) is 5.11 Å². The third-order valence-corrected chi connectivity index (χ3v) is 5.92. The highest BCUT2D eigenvalue weighted by molar-refractivity contribution is 14.1. The van der Waals surface area contributed by atoms with Gasteiger partial charge >= 0.3 is 0 Å². The van der Waals surface area contributed by atoms with E-state index in [1.54, 1.807) is 11.3 Å². The van der Waals surface area contributed by atoms with Crippen molar-refractivity contribution in [1.82, 2.24) is 0 Å². The maximum Gasteiger partial charge on any atom is 0.0839 e. The topological polar surface area (TPSA) is 20.2 Å². The van der Waals surface area contributed by atoms with Gasteiger partial charge in [0.1, 0.15) is 0 Å². The second kappa shape index (κ2) is 6.02. The van der Waals surface area contributed by atoms with Crippen LogP contribution in [0.4, 0.5) is 0 Å². The van der Waals surface area contributed by atoms with E-state index in [0.29, 0.717) is 11.4 Å². The summed E-state index contributed by atoms with van der Waals surface area (Å²) < 4.78 is 2.05. The van der Waals surface area contributed by atoms with E-state index < -0.39 is 6.10 Å². The standard InChI is InChI=1S/C12H9BrClIOS/c13-8-3-4-17-12(8)6-11(16)7-1-2-10(15)9(14)5-7/h1-5,11,16H,6H2. The van der Waals surface area contributed by atoms with Crippen molar-refractivity contribution in [2.45, 2.75) is 12.5 Å². The molecule has 2 aromatic rings. The number of benzene rings is 1. The van der Waals surface area contributed by atoms with Gasteiger partial charge in [-0.05, 0) is 67.7 Å². The van der Waals surface area contributed by atoms with Crippen LogP contribution in [0.3, 0.4) is 0 Å². The van der Waals surface area contributed by atoms with Crippen molar-refractivity contribution in [2.24, 2.45) is 0 Å². The van der Waals surface area contributed by atoms with Gasteiger partial charge < -0.3 is 5.11 Å². The van der Waals surface area contributed by atoms with E-state index >= 15 is 0 Å². The fraction of sp³-hybridized carbons (Fsp3) is 0.167. The predicted molar refractivity (Wildman–Crippen MR) is 84.9 cm³/mol. The molecule has 90 valence electrons. The molecule has 1 aromatic heterocycles. The van der Waals surface area contributed by atoms with Gasteiger partial charge in [-0.3, -0.25) is 0 Å². The normalized spacial score (nSPS) is 12.7. The first-order valence-corrected chi connectivity index (χ1v) is 8.05. The highest BCUT2D eigenvalue weighted by Crippen LogP contribution is 2.30.